The van der Waals surface area contributed by atoms with Crippen LogP contribution in [-0.4, -0.2) is 25.6 Å². The van der Waals surface area contributed by atoms with Crippen molar-refractivity contribution in [2.45, 2.75) is 116 Å². The van der Waals surface area contributed by atoms with Gasteiger partial charge in [-0.3, -0.25) is 4.98 Å². The Kier molecular flexibility index (Phi) is 14.5. The molecule has 30 heavy (non-hydrogen) atoms. The van der Waals surface area contributed by atoms with Crippen molar-refractivity contribution >= 4 is 25.5 Å². The van der Waals surface area contributed by atoms with E-state index < -0.39 is 15.8 Å². The SMILES string of the molecule is CC(C)(C)[PH+](Cc1cccc(C[PH+](C(C)(C)C)C(C)(C)C)n1)C(C)(C)C.[Cl][RuH+2].[N-]=N. The molecule has 0 spiro atoms. The van der Waals surface area contributed by atoms with E-state index in [-0.39, 0.29) is 0 Å². The van der Waals surface area contributed by atoms with Crippen LogP contribution in [-0.2, 0) is 29.6 Å². The molecule has 0 aliphatic carbocycles. The minimum atomic E-state index is -0.583. The van der Waals surface area contributed by atoms with Gasteiger partial charge >= 0.3 is 27.0 Å². The van der Waals surface area contributed by atoms with Crippen LogP contribution in [0.15, 0.2) is 18.2 Å². The summed E-state index contributed by atoms with van der Waals surface area (Å²) in [6.45, 7) is 29.0. The first-order valence-electron chi connectivity index (χ1n) is 10.5. The molecule has 1 heterocycles. The van der Waals surface area contributed by atoms with E-state index >= 15 is 0 Å². The zero-order valence-corrected chi connectivity index (χ0v) is 25.9. The summed E-state index contributed by atoms with van der Waals surface area (Å²) in [6.07, 6.45) is 2.33. The maximum absolute atomic E-state index is 6.25. The van der Waals surface area contributed by atoms with Crippen LogP contribution in [0, 0.1) is 5.53 Å². The molecule has 0 bridgehead atoms. The van der Waals surface area contributed by atoms with Gasteiger partial charge in [0.05, 0.1) is 44.3 Å². The molecule has 0 aromatic carbocycles. The molecule has 176 valence electrons. The first-order valence-corrected chi connectivity index (χ1v) is 16.3. The van der Waals surface area contributed by atoms with Crippen molar-refractivity contribution in [3.05, 3.63) is 35.1 Å². The van der Waals surface area contributed by atoms with Gasteiger partial charge in [0.1, 0.15) is 0 Å². The van der Waals surface area contributed by atoms with Gasteiger partial charge in [0, 0.05) is 15.8 Å². The van der Waals surface area contributed by atoms with Gasteiger partial charge in [-0.1, -0.05) is 6.07 Å². The van der Waals surface area contributed by atoms with Crippen LogP contribution >= 0.6 is 25.5 Å². The van der Waals surface area contributed by atoms with Gasteiger partial charge in [-0.05, 0) is 95.2 Å². The number of rotatable bonds is 4. The van der Waals surface area contributed by atoms with Gasteiger partial charge in [0.25, 0.3) is 0 Å². The maximum atomic E-state index is 6.25. The topological polar surface area (TPSA) is 59.0 Å². The summed E-state index contributed by atoms with van der Waals surface area (Å²) in [5, 5.41) is 1.53. The summed E-state index contributed by atoms with van der Waals surface area (Å²) in [7, 11) is 3.44. The van der Waals surface area contributed by atoms with E-state index in [1.807, 2.05) is 0 Å². The molecule has 0 saturated carbocycles. The molecule has 0 fully saturated rings. The minimum absolute atomic E-state index is 0.381. The average Bonchev–Trinajstić information content (AvgIpc) is 2.58. The molecule has 1 aromatic heterocycles. The standard InChI is InChI=1S/C23H43NP2.ClH.HN2.Ru.H/c1-20(2,3)25(21(4,5)6)16-18-14-13-15-19(24-18)17-26(22(7,8)9)23(10,11)12;;1-2;;/h13-15H,16-17H2,1-12H3;1H;1H;;/q;;-1;+3;/p+1. The first kappa shape index (κ1) is 32.7. The molecule has 7 heteroatoms. The molecule has 1 N–H and O–H groups in total. The van der Waals surface area contributed by atoms with Crippen LogP contribution in [0.2, 0.25) is 0 Å². The minimum Gasteiger partial charge on any atom is -0.715 e. The first-order chi connectivity index (χ1) is 13.4. The van der Waals surface area contributed by atoms with Crippen LogP contribution < -0.4 is 0 Å². The zero-order chi connectivity index (χ0) is 24.6. The summed E-state index contributed by atoms with van der Waals surface area (Å²) in [6, 6.07) is 6.76. The smallest absolute Gasteiger partial charge is 0.443 e. The van der Waals surface area contributed by atoms with E-state index in [1.165, 1.54) is 23.7 Å². The fraction of sp³-hybridized carbons (Fsp3) is 0.783. The monoisotopic (exact) mass is 564 g/mol. The van der Waals surface area contributed by atoms with Crippen LogP contribution in [0.1, 0.15) is 94.5 Å². The Labute approximate surface area is 203 Å². The van der Waals surface area contributed by atoms with Crippen molar-refractivity contribution in [2.75, 3.05) is 0 Å². The van der Waals surface area contributed by atoms with Crippen molar-refractivity contribution in [3.63, 3.8) is 0 Å². The third-order valence-corrected chi connectivity index (χ3v) is 13.9. The van der Waals surface area contributed by atoms with Crippen molar-refractivity contribution in [1.82, 2.24) is 4.98 Å². The second-order valence-electron chi connectivity index (χ2n) is 11.9. The Hall–Kier alpha value is 0.523. The van der Waals surface area contributed by atoms with E-state index in [1.54, 1.807) is 17.3 Å². The quantitative estimate of drug-likeness (QED) is 0.222. The summed E-state index contributed by atoms with van der Waals surface area (Å²) >= 11 is 1.62. The van der Waals surface area contributed by atoms with Crippen molar-refractivity contribution < 1.29 is 17.3 Å². The van der Waals surface area contributed by atoms with Crippen LogP contribution in [0.25, 0.3) is 5.53 Å². The van der Waals surface area contributed by atoms with E-state index in [2.05, 4.69) is 111 Å². The fourth-order valence-electron chi connectivity index (χ4n) is 4.40. The summed E-state index contributed by atoms with van der Waals surface area (Å²) in [5.74, 6) is 0. The van der Waals surface area contributed by atoms with E-state index in [9.17, 15) is 0 Å². The molecule has 0 saturated heterocycles. The Morgan fingerprint density at radius 2 is 0.933 bits per heavy atom. The third-order valence-electron chi connectivity index (χ3n) is 5.20. The van der Waals surface area contributed by atoms with Gasteiger partial charge in [-0.15, -0.1) is 0 Å². The maximum Gasteiger partial charge on any atom is -0.443 e. The van der Waals surface area contributed by atoms with E-state index in [0.29, 0.717) is 20.6 Å². The summed E-state index contributed by atoms with van der Waals surface area (Å²) in [5.41, 5.74) is 13.6. The summed E-state index contributed by atoms with van der Waals surface area (Å²) in [4.78, 5) is 5.16. The normalized spacial score (nSPS) is 12.8. The van der Waals surface area contributed by atoms with Gasteiger partial charge in [0.15, 0.2) is 0 Å². The Morgan fingerprint density at radius 1 is 0.700 bits per heavy atom. The summed E-state index contributed by atoms with van der Waals surface area (Å²) < 4.78 is 0. The molecule has 0 unspecified atom stereocenters. The number of pyridine rings is 1. The number of hydrogen-bond donors (Lipinski definition) is 1. The zero-order valence-electron chi connectivity index (χ0n) is 21.3. The van der Waals surface area contributed by atoms with E-state index in [4.69, 9.17) is 16.0 Å². The predicted molar refractivity (Wildman–Crippen MR) is 141 cm³/mol. The Bertz CT molecular complexity index is 537. The Balaban J connectivity index is 0. The number of halogens is 1. The van der Waals surface area contributed by atoms with Crippen LogP contribution in [0.3, 0.4) is 0 Å². The fourth-order valence-corrected chi connectivity index (χ4v) is 12.1. The van der Waals surface area contributed by atoms with Gasteiger partial charge in [0.2, 0.25) is 0 Å². The molecular weight excluding hydrogens is 517 g/mol. The van der Waals surface area contributed by atoms with Gasteiger partial charge < -0.3 is 11.1 Å². The molecule has 0 aliphatic heterocycles. The molecule has 0 radical (unpaired) electrons. The number of aromatic nitrogens is 1. The van der Waals surface area contributed by atoms with Crippen molar-refractivity contribution in [2.24, 2.45) is 0 Å². The number of nitrogens with zero attached hydrogens (tertiary/aromatic N) is 2. The Morgan fingerprint density at radius 3 is 1.13 bits per heavy atom. The molecule has 0 aliphatic rings. The number of hydrogen-bond acceptors (Lipinski definition) is 2. The van der Waals surface area contributed by atoms with Crippen molar-refractivity contribution in [1.29, 1.82) is 5.53 Å². The van der Waals surface area contributed by atoms with Gasteiger partial charge in [-0.2, -0.15) is 0 Å². The predicted octanol–water partition coefficient (Wildman–Crippen LogP) is 8.71. The van der Waals surface area contributed by atoms with Crippen LogP contribution in [0.5, 0.6) is 0 Å². The van der Waals surface area contributed by atoms with Gasteiger partial charge in [-0.25, -0.2) is 0 Å². The van der Waals surface area contributed by atoms with E-state index in [0.717, 1.165) is 0 Å². The molecule has 1 aromatic rings. The molecular formula is C23H47ClN3P2Ru+3. The van der Waals surface area contributed by atoms with Crippen LogP contribution in [0.4, 0.5) is 0 Å². The average molecular weight is 564 g/mol. The second-order valence-corrected chi connectivity index (χ2v) is 20.6. The second kappa shape index (κ2) is 13.3. The largest absolute Gasteiger partial charge is 0.715 e. The molecule has 0 amide bonds. The van der Waals surface area contributed by atoms with Crippen molar-refractivity contribution in [3.8, 4) is 0 Å². The molecule has 3 nitrogen and oxygen atoms in total. The molecule has 0 atom stereocenters. The number of nitrogens with one attached hydrogen (secondary N) is 1. The molecule has 1 rings (SSSR count). The third kappa shape index (κ3) is 11.9.